The molecule has 21 heavy (non-hydrogen) atoms. The summed E-state index contributed by atoms with van der Waals surface area (Å²) in [6.07, 6.45) is 1.39. The van der Waals surface area contributed by atoms with E-state index in [0.717, 1.165) is 4.90 Å². The molecular formula is C14H14ClN3O2S. The molecule has 0 saturated carbocycles. The van der Waals surface area contributed by atoms with Crippen molar-refractivity contribution >= 4 is 35.1 Å². The van der Waals surface area contributed by atoms with Gasteiger partial charge in [0, 0.05) is 11.1 Å². The summed E-state index contributed by atoms with van der Waals surface area (Å²) in [5.41, 5.74) is 5.95. The molecule has 0 amide bonds. The van der Waals surface area contributed by atoms with Crippen LogP contribution >= 0.6 is 23.4 Å². The summed E-state index contributed by atoms with van der Waals surface area (Å²) < 4.78 is 4.87. The molecule has 2 aromatic rings. The maximum absolute atomic E-state index is 11.6. The maximum Gasteiger partial charge on any atom is 0.343 e. The number of hydrogen-bond acceptors (Lipinski definition) is 6. The van der Waals surface area contributed by atoms with Gasteiger partial charge in [-0.1, -0.05) is 23.7 Å². The van der Waals surface area contributed by atoms with Crippen LogP contribution in [-0.2, 0) is 10.5 Å². The van der Waals surface area contributed by atoms with Crippen LogP contribution in [0, 0.1) is 0 Å². The predicted molar refractivity (Wildman–Crippen MR) is 83.4 cm³/mol. The van der Waals surface area contributed by atoms with Crippen molar-refractivity contribution in [3.8, 4) is 0 Å². The molecule has 0 radical (unpaired) electrons. The standard InChI is InChI=1S/C14H14ClN3O2S/c1-2-20-14(19)9-7-17-12(18-13(9)16)8-21-11-6-4-3-5-10(11)15/h3-7H,2,8H2,1H3,(H2,16,17,18). The lowest BCUT2D eigenvalue weighted by atomic mass is 10.3. The maximum atomic E-state index is 11.6. The lowest BCUT2D eigenvalue weighted by molar-refractivity contribution is 0.0526. The zero-order chi connectivity index (χ0) is 15.2. The number of benzene rings is 1. The van der Waals surface area contributed by atoms with Gasteiger partial charge in [0.25, 0.3) is 0 Å². The van der Waals surface area contributed by atoms with E-state index >= 15 is 0 Å². The van der Waals surface area contributed by atoms with Gasteiger partial charge in [-0.05, 0) is 19.1 Å². The van der Waals surface area contributed by atoms with Crippen LogP contribution in [0.15, 0.2) is 35.4 Å². The fourth-order valence-corrected chi connectivity index (χ4v) is 2.68. The second-order valence-corrected chi connectivity index (χ2v) is 5.45. The molecule has 0 unspecified atom stereocenters. The minimum Gasteiger partial charge on any atom is -0.462 e. The Morgan fingerprint density at radius 2 is 2.19 bits per heavy atom. The van der Waals surface area contributed by atoms with Gasteiger partial charge in [-0.2, -0.15) is 0 Å². The minimum absolute atomic E-state index is 0.123. The summed E-state index contributed by atoms with van der Waals surface area (Å²) in [5, 5.41) is 0.679. The molecule has 2 N–H and O–H groups in total. The molecule has 0 aliphatic carbocycles. The number of nitrogens with zero attached hydrogens (tertiary/aromatic N) is 2. The van der Waals surface area contributed by atoms with Crippen LogP contribution in [0.25, 0.3) is 0 Å². The Labute approximate surface area is 131 Å². The molecule has 110 valence electrons. The second-order valence-electron chi connectivity index (χ2n) is 4.02. The van der Waals surface area contributed by atoms with Crippen LogP contribution in [0.2, 0.25) is 5.02 Å². The third-order valence-corrected chi connectivity index (χ3v) is 4.07. The van der Waals surface area contributed by atoms with E-state index in [-0.39, 0.29) is 18.0 Å². The molecule has 7 heteroatoms. The van der Waals surface area contributed by atoms with E-state index in [2.05, 4.69) is 9.97 Å². The molecule has 0 saturated heterocycles. The van der Waals surface area contributed by atoms with Crippen molar-refractivity contribution < 1.29 is 9.53 Å². The number of carbonyl (C=O) groups is 1. The highest BCUT2D eigenvalue weighted by molar-refractivity contribution is 7.98. The average Bonchev–Trinajstić information content (AvgIpc) is 2.46. The third-order valence-electron chi connectivity index (χ3n) is 2.56. The number of esters is 1. The Balaban J connectivity index is 2.07. The van der Waals surface area contributed by atoms with Crippen molar-refractivity contribution in [2.75, 3.05) is 12.3 Å². The Morgan fingerprint density at radius 1 is 1.43 bits per heavy atom. The van der Waals surface area contributed by atoms with Gasteiger partial charge in [0.1, 0.15) is 17.2 Å². The van der Waals surface area contributed by atoms with Gasteiger partial charge in [0.2, 0.25) is 0 Å². The number of anilines is 1. The highest BCUT2D eigenvalue weighted by atomic mass is 35.5. The van der Waals surface area contributed by atoms with Crippen molar-refractivity contribution in [2.24, 2.45) is 0 Å². The van der Waals surface area contributed by atoms with E-state index in [9.17, 15) is 4.79 Å². The van der Waals surface area contributed by atoms with E-state index < -0.39 is 5.97 Å². The third kappa shape index (κ3) is 4.09. The fraction of sp³-hybridized carbons (Fsp3) is 0.214. The van der Waals surface area contributed by atoms with Gasteiger partial charge in [-0.3, -0.25) is 0 Å². The number of ether oxygens (including phenoxy) is 1. The highest BCUT2D eigenvalue weighted by Crippen LogP contribution is 2.28. The number of nitrogen functional groups attached to an aromatic ring is 1. The Morgan fingerprint density at radius 3 is 2.86 bits per heavy atom. The number of nitrogens with two attached hydrogens (primary N) is 1. The summed E-state index contributed by atoms with van der Waals surface area (Å²) in [4.78, 5) is 20.8. The minimum atomic E-state index is -0.514. The quantitative estimate of drug-likeness (QED) is 0.672. The van der Waals surface area contributed by atoms with Crippen LogP contribution in [0.5, 0.6) is 0 Å². The first-order valence-corrected chi connectivity index (χ1v) is 7.64. The van der Waals surface area contributed by atoms with Gasteiger partial charge in [0.05, 0.1) is 17.4 Å². The number of hydrogen-bond donors (Lipinski definition) is 1. The molecular weight excluding hydrogens is 310 g/mol. The highest BCUT2D eigenvalue weighted by Gasteiger charge is 2.13. The van der Waals surface area contributed by atoms with E-state index in [4.69, 9.17) is 22.1 Å². The van der Waals surface area contributed by atoms with Crippen LogP contribution in [0.3, 0.4) is 0 Å². The molecule has 0 atom stereocenters. The summed E-state index contributed by atoms with van der Waals surface area (Å²) in [7, 11) is 0. The first-order chi connectivity index (χ1) is 10.1. The molecule has 0 bridgehead atoms. The Hall–Kier alpha value is -1.79. The van der Waals surface area contributed by atoms with E-state index in [0.29, 0.717) is 16.6 Å². The molecule has 1 aromatic heterocycles. The van der Waals surface area contributed by atoms with Gasteiger partial charge >= 0.3 is 5.97 Å². The smallest absolute Gasteiger partial charge is 0.343 e. The van der Waals surface area contributed by atoms with Crippen LogP contribution in [-0.4, -0.2) is 22.5 Å². The van der Waals surface area contributed by atoms with Crippen LogP contribution in [0.1, 0.15) is 23.1 Å². The van der Waals surface area contributed by atoms with Gasteiger partial charge in [0.15, 0.2) is 0 Å². The van der Waals surface area contributed by atoms with Gasteiger partial charge in [-0.25, -0.2) is 14.8 Å². The van der Waals surface area contributed by atoms with Crippen LogP contribution in [0.4, 0.5) is 5.82 Å². The molecule has 0 aliphatic heterocycles. The van der Waals surface area contributed by atoms with E-state index in [1.807, 2.05) is 24.3 Å². The number of halogens is 1. The SMILES string of the molecule is CCOC(=O)c1cnc(CSc2ccccc2Cl)nc1N. The predicted octanol–water partition coefficient (Wildman–Crippen LogP) is 3.18. The topological polar surface area (TPSA) is 78.1 Å². The summed E-state index contributed by atoms with van der Waals surface area (Å²) >= 11 is 7.58. The van der Waals surface area contributed by atoms with E-state index in [1.54, 1.807) is 6.92 Å². The number of rotatable bonds is 5. The monoisotopic (exact) mass is 323 g/mol. The molecule has 5 nitrogen and oxygen atoms in total. The number of carbonyl (C=O) groups excluding carboxylic acids is 1. The Kier molecular flexibility index (Phi) is 5.41. The van der Waals surface area contributed by atoms with E-state index in [1.165, 1.54) is 18.0 Å². The first kappa shape index (κ1) is 15.6. The zero-order valence-electron chi connectivity index (χ0n) is 11.4. The molecule has 0 aliphatic rings. The summed E-state index contributed by atoms with van der Waals surface area (Å²) in [6.45, 7) is 2.01. The summed E-state index contributed by atoms with van der Waals surface area (Å²) in [6, 6.07) is 7.52. The lowest BCUT2D eigenvalue weighted by Gasteiger charge is -2.06. The lowest BCUT2D eigenvalue weighted by Crippen LogP contribution is -2.11. The average molecular weight is 324 g/mol. The van der Waals surface area contributed by atoms with Crippen molar-refractivity contribution in [1.82, 2.24) is 9.97 Å². The Bertz CT molecular complexity index is 652. The zero-order valence-corrected chi connectivity index (χ0v) is 12.9. The molecule has 0 fully saturated rings. The number of thioether (sulfide) groups is 1. The van der Waals surface area contributed by atoms with Crippen LogP contribution < -0.4 is 5.73 Å². The largest absolute Gasteiger partial charge is 0.462 e. The van der Waals surface area contributed by atoms with Crippen molar-refractivity contribution in [3.63, 3.8) is 0 Å². The van der Waals surface area contributed by atoms with Gasteiger partial charge < -0.3 is 10.5 Å². The fourth-order valence-electron chi connectivity index (χ4n) is 1.57. The van der Waals surface area contributed by atoms with Gasteiger partial charge in [-0.15, -0.1) is 11.8 Å². The second kappa shape index (κ2) is 7.28. The molecule has 0 spiro atoms. The number of aromatic nitrogens is 2. The van der Waals surface area contributed by atoms with Crippen molar-refractivity contribution in [1.29, 1.82) is 0 Å². The summed E-state index contributed by atoms with van der Waals surface area (Å²) in [5.74, 6) is 0.654. The van der Waals surface area contributed by atoms with Crippen molar-refractivity contribution in [2.45, 2.75) is 17.6 Å². The normalized spacial score (nSPS) is 10.4. The first-order valence-electron chi connectivity index (χ1n) is 6.27. The molecule has 1 aromatic carbocycles. The molecule has 1 heterocycles. The molecule has 2 rings (SSSR count). The van der Waals surface area contributed by atoms with Crippen molar-refractivity contribution in [3.05, 3.63) is 46.9 Å².